The van der Waals surface area contributed by atoms with Crippen molar-refractivity contribution < 1.29 is 28.2 Å². The van der Waals surface area contributed by atoms with Crippen molar-refractivity contribution >= 4 is 29.3 Å². The van der Waals surface area contributed by atoms with Crippen molar-refractivity contribution in [2.75, 3.05) is 39.6 Å². The summed E-state index contributed by atoms with van der Waals surface area (Å²) in [6.07, 6.45) is -0.314. The highest BCUT2D eigenvalue weighted by molar-refractivity contribution is 6.33. The predicted octanol–water partition coefficient (Wildman–Crippen LogP) is 2.59. The van der Waals surface area contributed by atoms with E-state index < -0.39 is 18.0 Å². The Bertz CT molecular complexity index is 1020. The second-order valence-electron chi connectivity index (χ2n) is 7.97. The number of piperidine rings is 1. The van der Waals surface area contributed by atoms with E-state index in [1.807, 2.05) is 4.90 Å². The first kappa shape index (κ1) is 25.7. The lowest BCUT2D eigenvalue weighted by atomic mass is 10.0. The summed E-state index contributed by atoms with van der Waals surface area (Å²) in [6, 6.07) is 6.93. The van der Waals surface area contributed by atoms with E-state index in [1.165, 1.54) is 25.3 Å². The SMILES string of the molecule is COc1nc(N)c(Cl)cc1C(=O)NC1CCN(CC(=O)OC(C)c2ccc(F)cc2)CC1OC. The van der Waals surface area contributed by atoms with Gasteiger partial charge in [0, 0.05) is 20.2 Å². The first-order valence-corrected chi connectivity index (χ1v) is 11.1. The molecule has 34 heavy (non-hydrogen) atoms. The van der Waals surface area contributed by atoms with Crippen LogP contribution in [0.2, 0.25) is 5.02 Å². The molecule has 3 rings (SSSR count). The fraction of sp³-hybridized carbons (Fsp3) is 0.435. The second-order valence-corrected chi connectivity index (χ2v) is 8.38. The van der Waals surface area contributed by atoms with E-state index in [-0.39, 0.29) is 46.8 Å². The third kappa shape index (κ3) is 6.34. The zero-order valence-corrected chi connectivity index (χ0v) is 20.0. The van der Waals surface area contributed by atoms with Crippen LogP contribution in [0.25, 0.3) is 0 Å². The number of rotatable bonds is 8. The molecular formula is C23H28ClFN4O5. The molecule has 11 heteroatoms. The van der Waals surface area contributed by atoms with Crippen molar-refractivity contribution in [1.82, 2.24) is 15.2 Å². The number of nitrogens with zero attached hydrogens (tertiary/aromatic N) is 2. The number of hydrogen-bond donors (Lipinski definition) is 2. The Hall–Kier alpha value is -2.95. The minimum Gasteiger partial charge on any atom is -0.480 e. The zero-order valence-electron chi connectivity index (χ0n) is 19.2. The first-order chi connectivity index (χ1) is 16.2. The Morgan fingerprint density at radius 1 is 1.32 bits per heavy atom. The van der Waals surface area contributed by atoms with Gasteiger partial charge in [0.25, 0.3) is 5.91 Å². The number of methoxy groups -OCH3 is 2. The van der Waals surface area contributed by atoms with Crippen molar-refractivity contribution in [2.24, 2.45) is 0 Å². The van der Waals surface area contributed by atoms with Crippen molar-refractivity contribution in [3.63, 3.8) is 0 Å². The number of nitrogens with two attached hydrogens (primary N) is 1. The summed E-state index contributed by atoms with van der Waals surface area (Å²) >= 11 is 6.02. The molecule has 1 amide bonds. The van der Waals surface area contributed by atoms with E-state index in [9.17, 15) is 14.0 Å². The Morgan fingerprint density at radius 3 is 2.68 bits per heavy atom. The largest absolute Gasteiger partial charge is 0.480 e. The van der Waals surface area contributed by atoms with Crippen LogP contribution in [0.1, 0.15) is 35.4 Å². The number of hydrogen-bond acceptors (Lipinski definition) is 8. The number of pyridine rings is 1. The van der Waals surface area contributed by atoms with Gasteiger partial charge in [0.2, 0.25) is 5.88 Å². The van der Waals surface area contributed by atoms with E-state index in [4.69, 9.17) is 31.5 Å². The van der Waals surface area contributed by atoms with Crippen molar-refractivity contribution in [1.29, 1.82) is 0 Å². The summed E-state index contributed by atoms with van der Waals surface area (Å²) < 4.78 is 29.3. The minimum absolute atomic E-state index is 0.0668. The van der Waals surface area contributed by atoms with Crippen LogP contribution in [-0.2, 0) is 14.3 Å². The van der Waals surface area contributed by atoms with Gasteiger partial charge >= 0.3 is 5.97 Å². The van der Waals surface area contributed by atoms with Crippen LogP contribution in [0.15, 0.2) is 30.3 Å². The van der Waals surface area contributed by atoms with E-state index >= 15 is 0 Å². The Labute approximate surface area is 202 Å². The van der Waals surface area contributed by atoms with Gasteiger partial charge in [-0.2, -0.15) is 4.98 Å². The summed E-state index contributed by atoms with van der Waals surface area (Å²) in [6.45, 7) is 2.76. The number of aromatic nitrogens is 1. The van der Waals surface area contributed by atoms with Crippen LogP contribution in [0, 0.1) is 5.82 Å². The number of anilines is 1. The van der Waals surface area contributed by atoms with Gasteiger partial charge in [0.05, 0.1) is 30.8 Å². The minimum atomic E-state index is -0.501. The van der Waals surface area contributed by atoms with Gasteiger partial charge in [-0.3, -0.25) is 14.5 Å². The standard InChI is InChI=1S/C23H28ClFN4O5/c1-13(14-4-6-15(25)7-5-14)34-20(30)12-29-9-8-18(19(11-29)32-2)27-22(31)16-10-17(24)21(26)28-23(16)33-3/h4-7,10,13,18-19H,8-9,11-12H2,1-3H3,(H2,26,28)(H,27,31). The maximum Gasteiger partial charge on any atom is 0.320 e. The number of carbonyl (C=O) groups excluding carboxylic acids is 2. The van der Waals surface area contributed by atoms with Gasteiger partial charge in [-0.15, -0.1) is 0 Å². The predicted molar refractivity (Wildman–Crippen MR) is 124 cm³/mol. The molecule has 3 unspecified atom stereocenters. The fourth-order valence-corrected chi connectivity index (χ4v) is 3.95. The summed E-state index contributed by atoms with van der Waals surface area (Å²) in [5.41, 5.74) is 6.56. The molecule has 1 saturated heterocycles. The van der Waals surface area contributed by atoms with Gasteiger partial charge in [-0.25, -0.2) is 4.39 Å². The number of likely N-dealkylation sites (tertiary alicyclic amines) is 1. The van der Waals surface area contributed by atoms with E-state index in [1.54, 1.807) is 26.2 Å². The van der Waals surface area contributed by atoms with Crippen LogP contribution in [0.5, 0.6) is 5.88 Å². The molecule has 1 fully saturated rings. The molecule has 0 radical (unpaired) electrons. The average molecular weight is 495 g/mol. The highest BCUT2D eigenvalue weighted by atomic mass is 35.5. The fourth-order valence-electron chi connectivity index (χ4n) is 3.80. The molecule has 0 saturated carbocycles. The Morgan fingerprint density at radius 2 is 2.03 bits per heavy atom. The smallest absolute Gasteiger partial charge is 0.320 e. The molecular weight excluding hydrogens is 467 g/mol. The highest BCUT2D eigenvalue weighted by Gasteiger charge is 2.32. The second kappa shape index (κ2) is 11.5. The number of benzene rings is 1. The summed E-state index contributed by atoms with van der Waals surface area (Å²) in [4.78, 5) is 31.2. The monoisotopic (exact) mass is 494 g/mol. The third-order valence-corrected chi connectivity index (χ3v) is 5.97. The number of nitrogen functional groups attached to an aromatic ring is 1. The van der Waals surface area contributed by atoms with Crippen molar-refractivity contribution in [3.8, 4) is 5.88 Å². The third-order valence-electron chi connectivity index (χ3n) is 5.67. The molecule has 0 aliphatic carbocycles. The van der Waals surface area contributed by atoms with Crippen molar-refractivity contribution in [2.45, 2.75) is 31.6 Å². The first-order valence-electron chi connectivity index (χ1n) is 10.7. The molecule has 1 aliphatic rings. The maximum atomic E-state index is 13.1. The van der Waals surface area contributed by atoms with E-state index in [2.05, 4.69) is 10.3 Å². The van der Waals surface area contributed by atoms with Gasteiger partial charge < -0.3 is 25.3 Å². The number of ether oxygens (including phenoxy) is 3. The lowest BCUT2D eigenvalue weighted by Gasteiger charge is -2.37. The molecule has 1 aromatic carbocycles. The molecule has 0 spiro atoms. The number of carbonyl (C=O) groups is 2. The van der Waals surface area contributed by atoms with Crippen LogP contribution in [0.3, 0.4) is 0 Å². The number of nitrogens with one attached hydrogen (secondary N) is 1. The quantitative estimate of drug-likeness (QED) is 0.538. The molecule has 2 aromatic rings. The molecule has 0 bridgehead atoms. The van der Waals surface area contributed by atoms with Crippen molar-refractivity contribution in [3.05, 3.63) is 52.3 Å². The lowest BCUT2D eigenvalue weighted by molar-refractivity contribution is -0.151. The maximum absolute atomic E-state index is 13.1. The Balaban J connectivity index is 1.56. The van der Waals surface area contributed by atoms with Gasteiger partial charge in [0.1, 0.15) is 23.3 Å². The van der Waals surface area contributed by atoms with Gasteiger partial charge in [-0.1, -0.05) is 23.7 Å². The summed E-state index contributed by atoms with van der Waals surface area (Å²) in [5, 5.41) is 3.08. The molecule has 3 atom stereocenters. The normalized spacial score (nSPS) is 19.3. The molecule has 2 heterocycles. The average Bonchev–Trinajstić information content (AvgIpc) is 2.81. The lowest BCUT2D eigenvalue weighted by Crippen LogP contribution is -2.55. The molecule has 1 aromatic heterocycles. The summed E-state index contributed by atoms with van der Waals surface area (Å²) in [5.74, 6) is -1.03. The number of esters is 1. The van der Waals surface area contributed by atoms with Gasteiger partial charge in [0.15, 0.2) is 0 Å². The Kier molecular flexibility index (Phi) is 8.65. The topological polar surface area (TPSA) is 116 Å². The van der Waals surface area contributed by atoms with Crippen LogP contribution in [-0.4, -0.2) is 67.8 Å². The molecule has 9 nitrogen and oxygen atoms in total. The number of halogens is 2. The van der Waals surface area contributed by atoms with Gasteiger partial charge in [-0.05, 0) is 37.1 Å². The van der Waals surface area contributed by atoms with Crippen LogP contribution in [0.4, 0.5) is 10.2 Å². The summed E-state index contributed by atoms with van der Waals surface area (Å²) in [7, 11) is 2.93. The molecule has 184 valence electrons. The number of amides is 1. The molecule has 3 N–H and O–H groups in total. The molecule has 1 aliphatic heterocycles. The van der Waals surface area contributed by atoms with Crippen LogP contribution < -0.4 is 15.8 Å². The highest BCUT2D eigenvalue weighted by Crippen LogP contribution is 2.26. The van der Waals surface area contributed by atoms with E-state index in [0.717, 1.165) is 0 Å². The van der Waals surface area contributed by atoms with E-state index in [0.29, 0.717) is 25.1 Å². The van der Waals surface area contributed by atoms with Crippen LogP contribution >= 0.6 is 11.6 Å². The zero-order chi connectivity index (χ0) is 24.8.